The fourth-order valence-electron chi connectivity index (χ4n) is 2.98. The fraction of sp³-hybridized carbons (Fsp3) is 0.625. The van der Waals surface area contributed by atoms with Gasteiger partial charge in [-0.1, -0.05) is 31.2 Å². The van der Waals surface area contributed by atoms with E-state index in [1.807, 2.05) is 0 Å². The summed E-state index contributed by atoms with van der Waals surface area (Å²) in [5, 5.41) is 3.62. The topological polar surface area (TPSA) is 21.3 Å². The number of hydrogen-bond acceptors (Lipinski definition) is 2. The van der Waals surface area contributed by atoms with Crippen molar-refractivity contribution in [2.45, 2.75) is 38.5 Å². The van der Waals surface area contributed by atoms with E-state index in [9.17, 15) is 0 Å². The van der Waals surface area contributed by atoms with Gasteiger partial charge in [-0.2, -0.15) is 0 Å². The van der Waals surface area contributed by atoms with E-state index < -0.39 is 0 Å². The molecule has 0 radical (unpaired) electrons. The first-order valence-corrected chi connectivity index (χ1v) is 7.13. The maximum atomic E-state index is 5.56. The molecule has 2 heteroatoms. The van der Waals surface area contributed by atoms with E-state index in [1.165, 1.54) is 17.5 Å². The molecule has 1 aliphatic rings. The number of aryl methyl sites for hydroxylation is 1. The Morgan fingerprint density at radius 3 is 2.61 bits per heavy atom. The Hall–Kier alpha value is -0.860. The normalized spacial score (nSPS) is 18.8. The highest BCUT2D eigenvalue weighted by atomic mass is 16.5. The van der Waals surface area contributed by atoms with Crippen molar-refractivity contribution in [3.63, 3.8) is 0 Å². The SMILES string of the molecule is CCCNCC1(c2ccccc2C)CCOCC1. The second-order valence-corrected chi connectivity index (χ2v) is 5.38. The third-order valence-corrected chi connectivity index (χ3v) is 4.06. The summed E-state index contributed by atoms with van der Waals surface area (Å²) in [6.45, 7) is 8.41. The summed E-state index contributed by atoms with van der Waals surface area (Å²) in [5.74, 6) is 0. The molecule has 1 aromatic carbocycles. The van der Waals surface area contributed by atoms with Crippen LogP contribution < -0.4 is 5.32 Å². The number of rotatable bonds is 5. The van der Waals surface area contributed by atoms with Crippen molar-refractivity contribution in [3.8, 4) is 0 Å². The molecule has 0 bridgehead atoms. The van der Waals surface area contributed by atoms with Gasteiger partial charge >= 0.3 is 0 Å². The van der Waals surface area contributed by atoms with Crippen molar-refractivity contribution in [1.82, 2.24) is 5.32 Å². The Morgan fingerprint density at radius 1 is 1.22 bits per heavy atom. The minimum atomic E-state index is 0.277. The van der Waals surface area contributed by atoms with E-state index in [-0.39, 0.29) is 5.41 Å². The number of benzene rings is 1. The van der Waals surface area contributed by atoms with Gasteiger partial charge in [0.15, 0.2) is 0 Å². The van der Waals surface area contributed by atoms with Crippen molar-refractivity contribution in [3.05, 3.63) is 35.4 Å². The van der Waals surface area contributed by atoms with E-state index >= 15 is 0 Å². The number of nitrogens with one attached hydrogen (secondary N) is 1. The summed E-state index contributed by atoms with van der Waals surface area (Å²) in [5.41, 5.74) is 3.20. The largest absolute Gasteiger partial charge is 0.381 e. The first-order valence-electron chi connectivity index (χ1n) is 7.13. The molecule has 100 valence electrons. The molecular weight excluding hydrogens is 222 g/mol. The predicted octanol–water partition coefficient (Wildman–Crippen LogP) is 3.04. The first kappa shape index (κ1) is 13.6. The highest BCUT2D eigenvalue weighted by Gasteiger charge is 2.34. The average molecular weight is 247 g/mol. The summed E-state index contributed by atoms with van der Waals surface area (Å²) < 4.78 is 5.56. The molecule has 1 aliphatic heterocycles. The van der Waals surface area contributed by atoms with Gasteiger partial charge in [0.05, 0.1) is 0 Å². The predicted molar refractivity (Wildman–Crippen MR) is 76.1 cm³/mol. The van der Waals surface area contributed by atoms with E-state index in [0.29, 0.717) is 0 Å². The lowest BCUT2D eigenvalue weighted by molar-refractivity contribution is 0.0497. The second-order valence-electron chi connectivity index (χ2n) is 5.38. The Balaban J connectivity index is 2.21. The van der Waals surface area contributed by atoms with Crippen LogP contribution in [0.25, 0.3) is 0 Å². The molecule has 0 amide bonds. The molecule has 1 fully saturated rings. The minimum absolute atomic E-state index is 0.277. The van der Waals surface area contributed by atoms with Crippen LogP contribution in [0.3, 0.4) is 0 Å². The Kier molecular flexibility index (Phi) is 4.79. The zero-order valence-corrected chi connectivity index (χ0v) is 11.7. The number of hydrogen-bond donors (Lipinski definition) is 1. The van der Waals surface area contributed by atoms with Crippen LogP contribution in [0.4, 0.5) is 0 Å². The molecule has 1 N–H and O–H groups in total. The molecule has 0 atom stereocenters. The lowest BCUT2D eigenvalue weighted by Gasteiger charge is -2.39. The highest BCUT2D eigenvalue weighted by molar-refractivity contribution is 5.34. The van der Waals surface area contributed by atoms with Crippen LogP contribution in [0.1, 0.15) is 37.3 Å². The lowest BCUT2D eigenvalue weighted by atomic mass is 9.72. The molecule has 18 heavy (non-hydrogen) atoms. The standard InChI is InChI=1S/C16H25NO/c1-3-10-17-13-16(8-11-18-12-9-16)15-7-5-4-6-14(15)2/h4-7,17H,3,8-13H2,1-2H3. The van der Waals surface area contributed by atoms with Crippen LogP contribution in [0.15, 0.2) is 24.3 Å². The third-order valence-electron chi connectivity index (χ3n) is 4.06. The van der Waals surface area contributed by atoms with Crippen molar-refractivity contribution >= 4 is 0 Å². The van der Waals surface area contributed by atoms with Gasteiger partial charge in [0.1, 0.15) is 0 Å². The summed E-state index contributed by atoms with van der Waals surface area (Å²) in [6.07, 6.45) is 3.46. The smallest absolute Gasteiger partial charge is 0.0475 e. The van der Waals surface area contributed by atoms with Gasteiger partial charge < -0.3 is 10.1 Å². The van der Waals surface area contributed by atoms with Gasteiger partial charge in [0.25, 0.3) is 0 Å². The van der Waals surface area contributed by atoms with Crippen molar-refractivity contribution in [1.29, 1.82) is 0 Å². The van der Waals surface area contributed by atoms with E-state index in [0.717, 1.165) is 39.1 Å². The van der Waals surface area contributed by atoms with Crippen molar-refractivity contribution < 1.29 is 4.74 Å². The molecule has 1 saturated heterocycles. The molecule has 0 spiro atoms. The van der Waals surface area contributed by atoms with Crippen molar-refractivity contribution in [2.24, 2.45) is 0 Å². The van der Waals surface area contributed by atoms with Gasteiger partial charge in [-0.15, -0.1) is 0 Å². The zero-order chi connectivity index (χ0) is 12.8. The summed E-state index contributed by atoms with van der Waals surface area (Å²) in [6, 6.07) is 8.82. The fourth-order valence-corrected chi connectivity index (χ4v) is 2.98. The molecule has 2 rings (SSSR count). The van der Waals surface area contributed by atoms with Gasteiger partial charge in [0, 0.05) is 25.2 Å². The monoisotopic (exact) mass is 247 g/mol. The highest BCUT2D eigenvalue weighted by Crippen LogP contribution is 2.36. The van der Waals surface area contributed by atoms with Crippen LogP contribution in [0.2, 0.25) is 0 Å². The van der Waals surface area contributed by atoms with E-state index in [4.69, 9.17) is 4.74 Å². The molecular formula is C16H25NO. The second kappa shape index (κ2) is 6.35. The van der Waals surface area contributed by atoms with Crippen LogP contribution in [-0.4, -0.2) is 26.3 Å². The summed E-state index contributed by atoms with van der Waals surface area (Å²) >= 11 is 0. The molecule has 0 aliphatic carbocycles. The maximum Gasteiger partial charge on any atom is 0.0475 e. The van der Waals surface area contributed by atoms with Gasteiger partial charge in [-0.25, -0.2) is 0 Å². The number of ether oxygens (including phenoxy) is 1. The maximum absolute atomic E-state index is 5.56. The Bertz CT molecular complexity index is 369. The van der Waals surface area contributed by atoms with Gasteiger partial charge in [-0.3, -0.25) is 0 Å². The first-order chi connectivity index (χ1) is 8.78. The molecule has 1 heterocycles. The molecule has 1 aromatic rings. The Morgan fingerprint density at radius 2 is 1.94 bits per heavy atom. The van der Waals surface area contributed by atoms with Gasteiger partial charge in [-0.05, 0) is 43.9 Å². The van der Waals surface area contributed by atoms with Crippen LogP contribution in [-0.2, 0) is 10.2 Å². The molecule has 0 saturated carbocycles. The van der Waals surface area contributed by atoms with E-state index in [2.05, 4.69) is 43.4 Å². The molecule has 2 nitrogen and oxygen atoms in total. The lowest BCUT2D eigenvalue weighted by Crippen LogP contribution is -2.43. The van der Waals surface area contributed by atoms with Crippen LogP contribution >= 0.6 is 0 Å². The van der Waals surface area contributed by atoms with Crippen LogP contribution in [0.5, 0.6) is 0 Å². The molecule has 0 aromatic heterocycles. The van der Waals surface area contributed by atoms with Gasteiger partial charge in [0.2, 0.25) is 0 Å². The van der Waals surface area contributed by atoms with Crippen molar-refractivity contribution in [2.75, 3.05) is 26.3 Å². The summed E-state index contributed by atoms with van der Waals surface area (Å²) in [4.78, 5) is 0. The van der Waals surface area contributed by atoms with Crippen LogP contribution in [0, 0.1) is 6.92 Å². The average Bonchev–Trinajstić information content (AvgIpc) is 2.40. The Labute approximate surface area is 111 Å². The minimum Gasteiger partial charge on any atom is -0.381 e. The van der Waals surface area contributed by atoms with E-state index in [1.54, 1.807) is 0 Å². The zero-order valence-electron chi connectivity index (χ0n) is 11.7. The molecule has 0 unspecified atom stereocenters. The third kappa shape index (κ3) is 2.93. The summed E-state index contributed by atoms with van der Waals surface area (Å²) in [7, 11) is 0. The quantitative estimate of drug-likeness (QED) is 0.808.